The molecule has 0 aliphatic rings. The van der Waals surface area contributed by atoms with Crippen LogP contribution in [-0.4, -0.2) is 24.2 Å². The Labute approximate surface area is 144 Å². The average molecular weight is 350 g/mol. The van der Waals surface area contributed by atoms with Crippen LogP contribution in [-0.2, 0) is 9.53 Å². The zero-order chi connectivity index (χ0) is 16.7. The predicted octanol–water partition coefficient (Wildman–Crippen LogP) is 4.25. The minimum atomic E-state index is -0.518. The first-order valence-corrected chi connectivity index (χ1v) is 8.41. The van der Waals surface area contributed by atoms with Gasteiger partial charge in [0.25, 0.3) is 5.91 Å². The molecule has 1 amide bonds. The van der Waals surface area contributed by atoms with E-state index >= 15 is 0 Å². The number of benzene rings is 2. The van der Waals surface area contributed by atoms with E-state index in [1.165, 1.54) is 0 Å². The molecule has 1 N–H and O–H groups in total. The third kappa shape index (κ3) is 5.01. The molecule has 4 nitrogen and oxygen atoms in total. The Morgan fingerprint density at radius 1 is 1.13 bits per heavy atom. The van der Waals surface area contributed by atoms with Gasteiger partial charge in [-0.1, -0.05) is 42.8 Å². The minimum absolute atomic E-state index is 0.366. The normalized spacial score (nSPS) is 10.2. The second kappa shape index (κ2) is 8.60. The number of thioether (sulfide) groups is 1. The van der Waals surface area contributed by atoms with Crippen LogP contribution >= 0.6 is 23.4 Å². The number of hydrogen-bond acceptors (Lipinski definition) is 4. The van der Waals surface area contributed by atoms with Crippen molar-refractivity contribution in [3.05, 3.63) is 59.1 Å². The lowest BCUT2D eigenvalue weighted by molar-refractivity contribution is -0.119. The van der Waals surface area contributed by atoms with Gasteiger partial charge in [0, 0.05) is 4.90 Å². The second-order valence-electron chi connectivity index (χ2n) is 4.53. The summed E-state index contributed by atoms with van der Waals surface area (Å²) in [7, 11) is 0. The van der Waals surface area contributed by atoms with Crippen LogP contribution in [0.1, 0.15) is 17.3 Å². The largest absolute Gasteiger partial charge is 0.452 e. The van der Waals surface area contributed by atoms with Crippen molar-refractivity contribution in [3.8, 4) is 0 Å². The summed E-state index contributed by atoms with van der Waals surface area (Å²) in [6.07, 6.45) is 0. The molecule has 0 radical (unpaired) electrons. The molecule has 0 atom stereocenters. The number of nitrogens with one attached hydrogen (secondary N) is 1. The maximum atomic E-state index is 12.1. The Balaban J connectivity index is 1.94. The van der Waals surface area contributed by atoms with E-state index in [9.17, 15) is 9.59 Å². The molecule has 0 aromatic heterocycles. The maximum absolute atomic E-state index is 12.1. The summed E-state index contributed by atoms with van der Waals surface area (Å²) < 4.78 is 5.08. The highest BCUT2D eigenvalue weighted by atomic mass is 35.5. The number of ether oxygens (including phenoxy) is 1. The highest BCUT2D eigenvalue weighted by Gasteiger charge is 2.14. The van der Waals surface area contributed by atoms with Gasteiger partial charge < -0.3 is 10.1 Å². The predicted molar refractivity (Wildman–Crippen MR) is 93.2 cm³/mol. The molecular formula is C17H16ClNO3S. The summed E-state index contributed by atoms with van der Waals surface area (Å²) >= 11 is 7.51. The number of esters is 1. The van der Waals surface area contributed by atoms with Gasteiger partial charge in [0.2, 0.25) is 0 Å². The van der Waals surface area contributed by atoms with Crippen molar-refractivity contribution in [2.24, 2.45) is 0 Å². The molecule has 0 heterocycles. The molecule has 2 aromatic rings. The summed E-state index contributed by atoms with van der Waals surface area (Å²) in [4.78, 5) is 24.8. The molecule has 0 spiro atoms. The van der Waals surface area contributed by atoms with Gasteiger partial charge in [-0.05, 0) is 30.0 Å². The first-order chi connectivity index (χ1) is 11.1. The smallest absolute Gasteiger partial charge is 0.339 e. The number of carbonyl (C=O) groups excluding carboxylic acids is 2. The van der Waals surface area contributed by atoms with Gasteiger partial charge >= 0.3 is 5.97 Å². The second-order valence-corrected chi connectivity index (χ2v) is 6.25. The molecule has 0 aliphatic carbocycles. The summed E-state index contributed by atoms with van der Waals surface area (Å²) in [6.45, 7) is 1.64. The molecule has 0 saturated heterocycles. The summed E-state index contributed by atoms with van der Waals surface area (Å²) in [6, 6.07) is 14.0. The van der Waals surface area contributed by atoms with Crippen LogP contribution < -0.4 is 5.32 Å². The quantitative estimate of drug-likeness (QED) is 0.625. The topological polar surface area (TPSA) is 55.4 Å². The Bertz CT molecular complexity index is 706. The van der Waals surface area contributed by atoms with E-state index in [1.54, 1.807) is 48.2 Å². The zero-order valence-corrected chi connectivity index (χ0v) is 14.1. The lowest BCUT2D eigenvalue weighted by Gasteiger charge is -2.09. The molecule has 0 aliphatic heterocycles. The lowest BCUT2D eigenvalue weighted by Crippen LogP contribution is -2.21. The number of halogens is 1. The van der Waals surface area contributed by atoms with Crippen molar-refractivity contribution < 1.29 is 14.3 Å². The van der Waals surface area contributed by atoms with Crippen molar-refractivity contribution in [1.82, 2.24) is 0 Å². The highest BCUT2D eigenvalue weighted by molar-refractivity contribution is 7.99. The first kappa shape index (κ1) is 17.4. The molecule has 120 valence electrons. The van der Waals surface area contributed by atoms with Gasteiger partial charge in [-0.15, -0.1) is 11.8 Å². The Morgan fingerprint density at radius 3 is 2.57 bits per heavy atom. The third-order valence-electron chi connectivity index (χ3n) is 2.89. The van der Waals surface area contributed by atoms with Crippen LogP contribution in [0.5, 0.6) is 0 Å². The molecule has 2 aromatic carbocycles. The number of anilines is 1. The Kier molecular flexibility index (Phi) is 6.50. The van der Waals surface area contributed by atoms with Gasteiger partial charge in [-0.2, -0.15) is 0 Å². The van der Waals surface area contributed by atoms with Crippen molar-refractivity contribution >= 4 is 40.9 Å². The van der Waals surface area contributed by atoms with E-state index in [0.717, 1.165) is 10.6 Å². The fraction of sp³-hybridized carbons (Fsp3) is 0.176. The molecule has 2 rings (SSSR count). The molecule has 0 fully saturated rings. The Hall–Kier alpha value is -1.98. The minimum Gasteiger partial charge on any atom is -0.452 e. The summed E-state index contributed by atoms with van der Waals surface area (Å²) in [5, 5.41) is 3.03. The van der Waals surface area contributed by atoms with Crippen molar-refractivity contribution in [2.45, 2.75) is 11.8 Å². The van der Waals surface area contributed by atoms with Crippen LogP contribution in [0, 0.1) is 0 Å². The van der Waals surface area contributed by atoms with E-state index in [-0.39, 0.29) is 6.61 Å². The number of amides is 1. The van der Waals surface area contributed by atoms with Gasteiger partial charge in [0.05, 0.1) is 16.3 Å². The van der Waals surface area contributed by atoms with Crippen LogP contribution in [0.15, 0.2) is 53.4 Å². The van der Waals surface area contributed by atoms with Crippen LogP contribution in [0.25, 0.3) is 0 Å². The molecule has 0 bridgehead atoms. The van der Waals surface area contributed by atoms with Crippen molar-refractivity contribution in [3.63, 3.8) is 0 Å². The lowest BCUT2D eigenvalue weighted by atomic mass is 10.2. The van der Waals surface area contributed by atoms with E-state index < -0.39 is 11.9 Å². The number of carbonyl (C=O) groups is 2. The summed E-state index contributed by atoms with van der Waals surface area (Å²) in [5.41, 5.74) is 0.946. The van der Waals surface area contributed by atoms with Crippen molar-refractivity contribution in [1.29, 1.82) is 0 Å². The SMILES string of the molecule is CCSc1ccccc1C(=O)OCC(=O)Nc1ccccc1Cl. The van der Waals surface area contributed by atoms with Crippen molar-refractivity contribution in [2.75, 3.05) is 17.7 Å². The maximum Gasteiger partial charge on any atom is 0.339 e. The molecule has 23 heavy (non-hydrogen) atoms. The fourth-order valence-corrected chi connectivity index (χ4v) is 2.85. The standard InChI is InChI=1S/C17H16ClNO3S/c1-2-23-15-10-6-3-7-12(15)17(21)22-11-16(20)19-14-9-5-4-8-13(14)18/h3-10H,2,11H2,1H3,(H,19,20). The van der Waals surface area contributed by atoms with Gasteiger partial charge in [0.15, 0.2) is 6.61 Å². The molecule has 0 unspecified atom stereocenters. The molecule has 0 saturated carbocycles. The van der Waals surface area contributed by atoms with Gasteiger partial charge in [0.1, 0.15) is 0 Å². The number of hydrogen-bond donors (Lipinski definition) is 1. The monoisotopic (exact) mass is 349 g/mol. The van der Waals surface area contributed by atoms with E-state index in [4.69, 9.17) is 16.3 Å². The van der Waals surface area contributed by atoms with E-state index in [0.29, 0.717) is 16.3 Å². The summed E-state index contributed by atoms with van der Waals surface area (Å²) in [5.74, 6) is -0.111. The van der Waals surface area contributed by atoms with Crippen LogP contribution in [0.4, 0.5) is 5.69 Å². The zero-order valence-electron chi connectivity index (χ0n) is 12.5. The van der Waals surface area contributed by atoms with Gasteiger partial charge in [-0.25, -0.2) is 4.79 Å². The third-order valence-corrected chi connectivity index (χ3v) is 4.17. The highest BCUT2D eigenvalue weighted by Crippen LogP contribution is 2.23. The van der Waals surface area contributed by atoms with Crippen LogP contribution in [0.2, 0.25) is 5.02 Å². The average Bonchev–Trinajstić information content (AvgIpc) is 2.55. The van der Waals surface area contributed by atoms with E-state index in [2.05, 4.69) is 5.32 Å². The Morgan fingerprint density at radius 2 is 1.83 bits per heavy atom. The van der Waals surface area contributed by atoms with Gasteiger partial charge in [-0.3, -0.25) is 4.79 Å². The van der Waals surface area contributed by atoms with E-state index in [1.807, 2.05) is 19.1 Å². The number of rotatable bonds is 6. The van der Waals surface area contributed by atoms with Crippen LogP contribution in [0.3, 0.4) is 0 Å². The molecule has 6 heteroatoms. The number of para-hydroxylation sites is 1. The first-order valence-electron chi connectivity index (χ1n) is 7.05. The molecular weight excluding hydrogens is 334 g/mol. The fourth-order valence-electron chi connectivity index (χ4n) is 1.87.